The topological polar surface area (TPSA) is 61.5 Å². The predicted octanol–water partition coefficient (Wildman–Crippen LogP) is 1.61. The molecule has 0 saturated carbocycles. The summed E-state index contributed by atoms with van der Waals surface area (Å²) in [6, 6.07) is 4.35. The van der Waals surface area contributed by atoms with Crippen molar-refractivity contribution in [1.82, 2.24) is 0 Å². The van der Waals surface area contributed by atoms with Gasteiger partial charge in [-0.25, -0.2) is 9.18 Å². The minimum Gasteiger partial charge on any atom is -0.481 e. The highest BCUT2D eigenvalue weighted by Gasteiger charge is 2.11. The number of carbonyl (C=O) groups excluding carboxylic acids is 1. The van der Waals surface area contributed by atoms with Gasteiger partial charge in [0.15, 0.2) is 6.61 Å². The predicted molar refractivity (Wildman–Crippen MR) is 61.0 cm³/mol. The molecule has 0 amide bonds. The number of benzene rings is 1. The molecule has 5 heteroatoms. The van der Waals surface area contributed by atoms with Gasteiger partial charge in [0.1, 0.15) is 11.6 Å². The van der Waals surface area contributed by atoms with Gasteiger partial charge >= 0.3 is 5.97 Å². The van der Waals surface area contributed by atoms with E-state index in [0.29, 0.717) is 0 Å². The lowest BCUT2D eigenvalue weighted by atomic mass is 10.2. The second-order valence-electron chi connectivity index (χ2n) is 3.75. The van der Waals surface area contributed by atoms with Gasteiger partial charge in [0.25, 0.3) is 0 Å². The van der Waals surface area contributed by atoms with E-state index in [1.165, 1.54) is 12.1 Å². The van der Waals surface area contributed by atoms with Crippen LogP contribution in [0.15, 0.2) is 18.2 Å². The molecule has 4 nitrogen and oxygen atoms in total. The number of rotatable bonds is 5. The van der Waals surface area contributed by atoms with Gasteiger partial charge in [-0.05, 0) is 26.0 Å². The van der Waals surface area contributed by atoms with Gasteiger partial charge in [-0.1, -0.05) is 6.07 Å². The molecule has 0 aromatic heterocycles. The Morgan fingerprint density at radius 1 is 1.47 bits per heavy atom. The van der Waals surface area contributed by atoms with Crippen LogP contribution in [0, 0.1) is 5.82 Å². The van der Waals surface area contributed by atoms with Gasteiger partial charge < -0.3 is 15.2 Å². The maximum atomic E-state index is 13.3. The van der Waals surface area contributed by atoms with Crippen LogP contribution in [0.4, 0.5) is 4.39 Å². The highest BCUT2D eigenvalue weighted by Crippen LogP contribution is 2.20. The first kappa shape index (κ1) is 13.4. The van der Waals surface area contributed by atoms with E-state index in [2.05, 4.69) is 0 Å². The van der Waals surface area contributed by atoms with Crippen molar-refractivity contribution in [3.63, 3.8) is 0 Å². The van der Waals surface area contributed by atoms with Crippen LogP contribution in [-0.4, -0.2) is 18.7 Å². The van der Waals surface area contributed by atoms with Crippen LogP contribution in [-0.2, 0) is 16.1 Å². The maximum absolute atomic E-state index is 13.3. The Balaban J connectivity index is 2.63. The molecular formula is C12H16FNO3. The second-order valence-corrected chi connectivity index (χ2v) is 3.75. The van der Waals surface area contributed by atoms with E-state index in [-0.39, 0.29) is 30.6 Å². The van der Waals surface area contributed by atoms with Gasteiger partial charge in [0, 0.05) is 12.1 Å². The number of esters is 1. The molecular weight excluding hydrogens is 225 g/mol. The van der Waals surface area contributed by atoms with Crippen molar-refractivity contribution >= 4 is 5.97 Å². The smallest absolute Gasteiger partial charge is 0.344 e. The largest absolute Gasteiger partial charge is 0.481 e. The lowest BCUT2D eigenvalue weighted by molar-refractivity contribution is -0.149. The average Bonchev–Trinajstić information content (AvgIpc) is 2.25. The van der Waals surface area contributed by atoms with Crippen molar-refractivity contribution in [2.24, 2.45) is 5.73 Å². The standard InChI is InChI=1S/C12H16FNO3/c1-8(2)17-12(15)7-16-11-5-3-4-10(13)9(11)6-14/h3-5,8H,6-7,14H2,1-2H3. The summed E-state index contributed by atoms with van der Waals surface area (Å²) in [6.45, 7) is 3.24. The molecule has 0 saturated heterocycles. The molecule has 94 valence electrons. The second kappa shape index (κ2) is 6.20. The number of nitrogens with two attached hydrogens (primary N) is 1. The van der Waals surface area contributed by atoms with E-state index >= 15 is 0 Å². The van der Waals surface area contributed by atoms with Crippen molar-refractivity contribution in [1.29, 1.82) is 0 Å². The molecule has 0 aliphatic carbocycles. The monoisotopic (exact) mass is 241 g/mol. The molecule has 0 heterocycles. The number of carbonyl (C=O) groups is 1. The molecule has 0 aliphatic rings. The van der Waals surface area contributed by atoms with Crippen LogP contribution >= 0.6 is 0 Å². The van der Waals surface area contributed by atoms with Crippen molar-refractivity contribution in [2.45, 2.75) is 26.5 Å². The summed E-state index contributed by atoms with van der Waals surface area (Å²) in [6.07, 6.45) is -0.201. The van der Waals surface area contributed by atoms with Crippen LogP contribution in [0.2, 0.25) is 0 Å². The van der Waals surface area contributed by atoms with Crippen LogP contribution in [0.3, 0.4) is 0 Å². The normalized spacial score (nSPS) is 10.4. The molecule has 0 aliphatic heterocycles. The van der Waals surface area contributed by atoms with Gasteiger partial charge in [-0.2, -0.15) is 0 Å². The first-order chi connectivity index (χ1) is 8.04. The Morgan fingerprint density at radius 2 is 2.18 bits per heavy atom. The number of halogens is 1. The molecule has 2 N–H and O–H groups in total. The summed E-state index contributed by atoms with van der Waals surface area (Å²) >= 11 is 0. The summed E-state index contributed by atoms with van der Waals surface area (Å²) < 4.78 is 23.4. The van der Waals surface area contributed by atoms with Crippen LogP contribution in [0.5, 0.6) is 5.75 Å². The minimum atomic E-state index is -0.493. The van der Waals surface area contributed by atoms with Crippen LogP contribution in [0.1, 0.15) is 19.4 Å². The van der Waals surface area contributed by atoms with E-state index in [9.17, 15) is 9.18 Å². The zero-order valence-electron chi connectivity index (χ0n) is 9.90. The maximum Gasteiger partial charge on any atom is 0.344 e. The number of hydrogen-bond donors (Lipinski definition) is 1. The Kier molecular flexibility index (Phi) is 4.90. The fraction of sp³-hybridized carbons (Fsp3) is 0.417. The minimum absolute atomic E-state index is 0.0151. The summed E-state index contributed by atoms with van der Waals surface area (Å²) in [5.41, 5.74) is 5.66. The van der Waals surface area contributed by atoms with E-state index in [0.717, 1.165) is 0 Å². The van der Waals surface area contributed by atoms with Crippen molar-refractivity contribution in [3.05, 3.63) is 29.6 Å². The summed E-state index contributed by atoms with van der Waals surface area (Å²) in [5, 5.41) is 0. The Bertz CT molecular complexity index is 393. The highest BCUT2D eigenvalue weighted by atomic mass is 19.1. The van der Waals surface area contributed by atoms with Crippen molar-refractivity contribution < 1.29 is 18.7 Å². The van der Waals surface area contributed by atoms with Crippen LogP contribution < -0.4 is 10.5 Å². The number of ether oxygens (including phenoxy) is 2. The summed E-state index contributed by atoms with van der Waals surface area (Å²) in [5.74, 6) is -0.664. The van der Waals surface area contributed by atoms with E-state index in [4.69, 9.17) is 15.2 Å². The van der Waals surface area contributed by atoms with Gasteiger partial charge in [-0.15, -0.1) is 0 Å². The molecule has 0 unspecified atom stereocenters. The Morgan fingerprint density at radius 3 is 2.76 bits per heavy atom. The van der Waals surface area contributed by atoms with Crippen LogP contribution in [0.25, 0.3) is 0 Å². The first-order valence-corrected chi connectivity index (χ1v) is 5.34. The third-order valence-corrected chi connectivity index (χ3v) is 1.99. The Labute approximate surface area is 99.5 Å². The zero-order chi connectivity index (χ0) is 12.8. The molecule has 0 radical (unpaired) electrons. The highest BCUT2D eigenvalue weighted by molar-refractivity contribution is 5.71. The molecule has 0 atom stereocenters. The van der Waals surface area contributed by atoms with E-state index in [1.807, 2.05) is 0 Å². The van der Waals surface area contributed by atoms with Crippen molar-refractivity contribution in [2.75, 3.05) is 6.61 Å². The molecule has 1 aromatic carbocycles. The summed E-state index contributed by atoms with van der Waals surface area (Å²) in [4.78, 5) is 11.2. The van der Waals surface area contributed by atoms with E-state index < -0.39 is 11.8 Å². The fourth-order valence-electron chi connectivity index (χ4n) is 1.31. The van der Waals surface area contributed by atoms with Gasteiger partial charge in [-0.3, -0.25) is 0 Å². The first-order valence-electron chi connectivity index (χ1n) is 5.34. The lowest BCUT2D eigenvalue weighted by Crippen LogP contribution is -2.19. The molecule has 1 aromatic rings. The van der Waals surface area contributed by atoms with Gasteiger partial charge in [0.05, 0.1) is 6.10 Å². The molecule has 1 rings (SSSR count). The summed E-state index contributed by atoms with van der Waals surface area (Å²) in [7, 11) is 0. The molecule has 0 spiro atoms. The fourth-order valence-corrected chi connectivity index (χ4v) is 1.31. The van der Waals surface area contributed by atoms with Crippen molar-refractivity contribution in [3.8, 4) is 5.75 Å². The molecule has 0 bridgehead atoms. The molecule has 0 fully saturated rings. The SMILES string of the molecule is CC(C)OC(=O)COc1cccc(F)c1CN. The Hall–Kier alpha value is -1.62. The number of hydrogen-bond acceptors (Lipinski definition) is 4. The average molecular weight is 241 g/mol. The van der Waals surface area contributed by atoms with Gasteiger partial charge in [0.2, 0.25) is 0 Å². The lowest BCUT2D eigenvalue weighted by Gasteiger charge is -2.12. The molecule has 17 heavy (non-hydrogen) atoms. The third kappa shape index (κ3) is 4.03. The van der Waals surface area contributed by atoms with E-state index in [1.54, 1.807) is 19.9 Å². The zero-order valence-corrected chi connectivity index (χ0v) is 9.90. The third-order valence-electron chi connectivity index (χ3n) is 1.99. The quantitative estimate of drug-likeness (QED) is 0.796.